The number of ether oxygens (including phenoxy) is 2. The lowest BCUT2D eigenvalue weighted by Crippen LogP contribution is -1.94. The van der Waals surface area contributed by atoms with Crippen molar-refractivity contribution < 1.29 is 14.6 Å². The summed E-state index contributed by atoms with van der Waals surface area (Å²) in [5.41, 5.74) is 1.95. The first-order valence-electron chi connectivity index (χ1n) is 6.72. The van der Waals surface area contributed by atoms with Gasteiger partial charge >= 0.3 is 0 Å². The molecule has 0 radical (unpaired) electrons. The maximum Gasteiger partial charge on any atom is 0.125 e. The Kier molecular flexibility index (Phi) is 3.44. The molecule has 0 aliphatic heterocycles. The number of aromatic hydroxyl groups is 1. The van der Waals surface area contributed by atoms with Crippen molar-refractivity contribution in [3.63, 3.8) is 0 Å². The van der Waals surface area contributed by atoms with E-state index in [0.717, 1.165) is 28.0 Å². The molecule has 108 valence electrons. The molecule has 1 N–H and O–H groups in total. The van der Waals surface area contributed by atoms with Gasteiger partial charge < -0.3 is 19.1 Å². The maximum absolute atomic E-state index is 10.0. The van der Waals surface area contributed by atoms with Gasteiger partial charge in [0.1, 0.15) is 23.9 Å². The van der Waals surface area contributed by atoms with Crippen LogP contribution in [0.3, 0.4) is 0 Å². The third-order valence-corrected chi connectivity index (χ3v) is 3.52. The third-order valence-electron chi connectivity index (χ3n) is 3.52. The van der Waals surface area contributed by atoms with Crippen molar-refractivity contribution in [3.8, 4) is 17.2 Å². The topological polar surface area (TPSA) is 43.6 Å². The average Bonchev–Trinajstić information content (AvgIpc) is 2.84. The van der Waals surface area contributed by atoms with Crippen LogP contribution in [0.4, 0.5) is 0 Å². The van der Waals surface area contributed by atoms with Crippen molar-refractivity contribution in [2.75, 3.05) is 7.11 Å². The van der Waals surface area contributed by atoms with Gasteiger partial charge in [0.25, 0.3) is 0 Å². The summed E-state index contributed by atoms with van der Waals surface area (Å²) in [4.78, 5) is 0. The minimum absolute atomic E-state index is 0.279. The first kappa shape index (κ1) is 13.4. The van der Waals surface area contributed by atoms with Gasteiger partial charge in [0.15, 0.2) is 0 Å². The van der Waals surface area contributed by atoms with Crippen LogP contribution in [0.5, 0.6) is 17.2 Å². The fourth-order valence-electron chi connectivity index (χ4n) is 2.46. The lowest BCUT2D eigenvalue weighted by Gasteiger charge is -2.07. The number of phenolic OH excluding ortho intramolecular Hbond substituents is 1. The number of rotatable bonds is 4. The molecule has 4 heteroatoms. The van der Waals surface area contributed by atoms with Gasteiger partial charge in [0.2, 0.25) is 0 Å². The highest BCUT2D eigenvalue weighted by molar-refractivity contribution is 5.89. The number of hydrogen-bond donors (Lipinski definition) is 1. The van der Waals surface area contributed by atoms with E-state index in [4.69, 9.17) is 9.47 Å². The number of fused-ring (bicyclic) bond motifs is 1. The largest absolute Gasteiger partial charge is 0.507 e. The van der Waals surface area contributed by atoms with Gasteiger partial charge in [-0.2, -0.15) is 0 Å². The molecule has 3 aromatic rings. The van der Waals surface area contributed by atoms with Crippen LogP contribution in [0.2, 0.25) is 0 Å². The van der Waals surface area contributed by atoms with Crippen LogP contribution in [0.25, 0.3) is 10.9 Å². The fraction of sp³-hybridized carbons (Fsp3) is 0.176. The van der Waals surface area contributed by atoms with Gasteiger partial charge in [-0.05, 0) is 36.4 Å². The van der Waals surface area contributed by atoms with Crippen LogP contribution in [0.1, 0.15) is 5.56 Å². The molecule has 0 unspecified atom stereocenters. The average molecular weight is 283 g/mol. The van der Waals surface area contributed by atoms with Gasteiger partial charge in [0, 0.05) is 24.2 Å². The molecule has 0 spiro atoms. The van der Waals surface area contributed by atoms with E-state index in [1.807, 2.05) is 54.2 Å². The summed E-state index contributed by atoms with van der Waals surface area (Å²) in [5, 5.41) is 10.9. The van der Waals surface area contributed by atoms with Crippen LogP contribution >= 0.6 is 0 Å². The number of aromatic nitrogens is 1. The summed E-state index contributed by atoms with van der Waals surface area (Å²) in [5.74, 6) is 1.84. The molecule has 21 heavy (non-hydrogen) atoms. The number of nitrogens with zero attached hydrogens (tertiary/aromatic N) is 1. The predicted octanol–water partition coefficient (Wildman–Crippen LogP) is 3.47. The Hall–Kier alpha value is -2.62. The second-order valence-electron chi connectivity index (χ2n) is 4.90. The summed E-state index contributed by atoms with van der Waals surface area (Å²) >= 11 is 0. The van der Waals surface area contributed by atoms with E-state index in [1.165, 1.54) is 0 Å². The predicted molar refractivity (Wildman–Crippen MR) is 81.9 cm³/mol. The molecule has 1 aromatic heterocycles. The number of benzene rings is 2. The summed E-state index contributed by atoms with van der Waals surface area (Å²) in [7, 11) is 3.59. The molecule has 1 heterocycles. The van der Waals surface area contributed by atoms with Crippen molar-refractivity contribution in [1.82, 2.24) is 4.57 Å². The zero-order valence-electron chi connectivity index (χ0n) is 12.0. The van der Waals surface area contributed by atoms with Crippen molar-refractivity contribution in [2.45, 2.75) is 6.61 Å². The SMILES string of the molecule is COc1ccc(OCc2cn(C)c3cccc(O)c23)cc1. The monoisotopic (exact) mass is 283 g/mol. The molecule has 0 fully saturated rings. The van der Waals surface area contributed by atoms with Crippen LogP contribution in [-0.4, -0.2) is 16.8 Å². The normalized spacial score (nSPS) is 10.8. The molecular formula is C17H17NO3. The Morgan fingerprint density at radius 3 is 2.48 bits per heavy atom. The van der Waals surface area contributed by atoms with Crippen LogP contribution in [-0.2, 0) is 13.7 Å². The fourth-order valence-corrected chi connectivity index (χ4v) is 2.46. The Morgan fingerprint density at radius 1 is 1.05 bits per heavy atom. The molecule has 0 bridgehead atoms. The van der Waals surface area contributed by atoms with E-state index in [2.05, 4.69) is 0 Å². The van der Waals surface area contributed by atoms with Crippen LogP contribution in [0.15, 0.2) is 48.7 Å². The summed E-state index contributed by atoms with van der Waals surface area (Å²) in [6.07, 6.45) is 1.98. The second-order valence-corrected chi connectivity index (χ2v) is 4.90. The van der Waals surface area contributed by atoms with Gasteiger partial charge in [-0.15, -0.1) is 0 Å². The lowest BCUT2D eigenvalue weighted by molar-refractivity contribution is 0.306. The Morgan fingerprint density at radius 2 is 1.76 bits per heavy atom. The lowest BCUT2D eigenvalue weighted by atomic mass is 10.1. The molecule has 0 atom stereocenters. The van der Waals surface area contributed by atoms with E-state index >= 15 is 0 Å². The smallest absolute Gasteiger partial charge is 0.125 e. The first-order chi connectivity index (χ1) is 10.2. The molecule has 4 nitrogen and oxygen atoms in total. The highest BCUT2D eigenvalue weighted by Gasteiger charge is 2.10. The molecular weight excluding hydrogens is 266 g/mol. The van der Waals surface area contributed by atoms with Gasteiger partial charge in [-0.1, -0.05) is 6.07 Å². The second kappa shape index (κ2) is 5.40. The number of hydrogen-bond acceptors (Lipinski definition) is 3. The number of aryl methyl sites for hydroxylation is 1. The highest BCUT2D eigenvalue weighted by Crippen LogP contribution is 2.30. The highest BCUT2D eigenvalue weighted by atomic mass is 16.5. The zero-order chi connectivity index (χ0) is 14.8. The molecule has 0 aliphatic rings. The Balaban J connectivity index is 1.84. The molecule has 0 saturated carbocycles. The van der Waals surface area contributed by atoms with Crippen molar-refractivity contribution in [1.29, 1.82) is 0 Å². The third kappa shape index (κ3) is 2.52. The summed E-state index contributed by atoms with van der Waals surface area (Å²) < 4.78 is 12.9. The van der Waals surface area contributed by atoms with Crippen molar-refractivity contribution in [2.24, 2.45) is 7.05 Å². The summed E-state index contributed by atoms with van der Waals surface area (Å²) in [6, 6.07) is 13.0. The van der Waals surface area contributed by atoms with Crippen LogP contribution in [0, 0.1) is 0 Å². The Bertz CT molecular complexity index is 760. The van der Waals surface area contributed by atoms with E-state index in [9.17, 15) is 5.11 Å². The maximum atomic E-state index is 10.0. The minimum Gasteiger partial charge on any atom is -0.507 e. The van der Waals surface area contributed by atoms with Crippen LogP contribution < -0.4 is 9.47 Å². The van der Waals surface area contributed by atoms with Crippen molar-refractivity contribution in [3.05, 3.63) is 54.2 Å². The zero-order valence-corrected chi connectivity index (χ0v) is 12.0. The van der Waals surface area contributed by atoms with Gasteiger partial charge in [0.05, 0.1) is 12.6 Å². The molecule has 0 amide bonds. The van der Waals surface area contributed by atoms with E-state index in [1.54, 1.807) is 13.2 Å². The van der Waals surface area contributed by atoms with E-state index in [-0.39, 0.29) is 5.75 Å². The van der Waals surface area contributed by atoms with Gasteiger partial charge in [-0.3, -0.25) is 0 Å². The number of phenols is 1. The standard InChI is InChI=1S/C17H17NO3/c1-18-10-12(17-15(18)4-3-5-16(17)19)11-21-14-8-6-13(20-2)7-9-14/h3-10,19H,11H2,1-2H3. The minimum atomic E-state index is 0.279. The van der Waals surface area contributed by atoms with E-state index in [0.29, 0.717) is 6.61 Å². The van der Waals surface area contributed by atoms with Crippen molar-refractivity contribution >= 4 is 10.9 Å². The molecule has 0 saturated heterocycles. The van der Waals surface area contributed by atoms with Gasteiger partial charge in [-0.25, -0.2) is 0 Å². The first-order valence-corrected chi connectivity index (χ1v) is 6.72. The summed E-state index contributed by atoms with van der Waals surface area (Å²) in [6.45, 7) is 0.404. The quantitative estimate of drug-likeness (QED) is 0.797. The number of methoxy groups -OCH3 is 1. The molecule has 2 aromatic carbocycles. The molecule has 3 rings (SSSR count). The molecule has 0 aliphatic carbocycles. The Labute approximate surface area is 123 Å². The van der Waals surface area contributed by atoms with E-state index < -0.39 is 0 Å².